The lowest BCUT2D eigenvalue weighted by Crippen LogP contribution is -2.47. The maximum Gasteiger partial charge on any atom is 0.253 e. The van der Waals surface area contributed by atoms with E-state index in [1.807, 2.05) is 35.2 Å². The Labute approximate surface area is 183 Å². The fraction of sp³-hybridized carbons (Fsp3) is 0.375. The van der Waals surface area contributed by atoms with Crippen LogP contribution in [0.5, 0.6) is 0 Å². The van der Waals surface area contributed by atoms with Crippen LogP contribution in [0.1, 0.15) is 29.3 Å². The lowest BCUT2D eigenvalue weighted by Gasteiger charge is -2.29. The number of hydrogen-bond donors (Lipinski definition) is 2. The third-order valence-electron chi connectivity index (χ3n) is 5.32. The highest BCUT2D eigenvalue weighted by Crippen LogP contribution is 2.13. The zero-order chi connectivity index (χ0) is 22.1. The number of anilines is 1. The van der Waals surface area contributed by atoms with Crippen LogP contribution >= 0.6 is 0 Å². The molecule has 1 heterocycles. The van der Waals surface area contributed by atoms with Crippen molar-refractivity contribution in [2.45, 2.75) is 19.8 Å². The average molecular weight is 423 g/mol. The number of nitrogens with one attached hydrogen (secondary N) is 2. The molecule has 0 saturated carbocycles. The van der Waals surface area contributed by atoms with Crippen LogP contribution in [0.3, 0.4) is 0 Å². The largest absolute Gasteiger partial charge is 0.340 e. The lowest BCUT2D eigenvalue weighted by molar-refractivity contribution is -0.132. The van der Waals surface area contributed by atoms with Gasteiger partial charge in [0.2, 0.25) is 11.8 Å². The number of nitrogens with zero attached hydrogens (tertiary/aromatic N) is 2. The summed E-state index contributed by atoms with van der Waals surface area (Å²) in [5.74, 6) is -0.187. The zero-order valence-corrected chi connectivity index (χ0v) is 18.0. The summed E-state index contributed by atoms with van der Waals surface area (Å²) in [5.41, 5.74) is 2.33. The van der Waals surface area contributed by atoms with Gasteiger partial charge in [0, 0.05) is 63.9 Å². The Bertz CT molecular complexity index is 877. The van der Waals surface area contributed by atoms with E-state index in [4.69, 9.17) is 0 Å². The van der Waals surface area contributed by atoms with Gasteiger partial charge in [0.15, 0.2) is 0 Å². The summed E-state index contributed by atoms with van der Waals surface area (Å²) in [6, 6.07) is 16.9. The van der Waals surface area contributed by atoms with Crippen molar-refractivity contribution in [1.82, 2.24) is 15.1 Å². The van der Waals surface area contributed by atoms with Gasteiger partial charge in [0.1, 0.15) is 0 Å². The first-order valence-electron chi connectivity index (χ1n) is 10.7. The molecule has 2 aromatic carbocycles. The Hall–Kier alpha value is -3.19. The van der Waals surface area contributed by atoms with E-state index in [0.717, 1.165) is 25.1 Å². The fourth-order valence-corrected chi connectivity index (χ4v) is 3.61. The van der Waals surface area contributed by atoms with Gasteiger partial charge >= 0.3 is 0 Å². The molecule has 31 heavy (non-hydrogen) atoms. The Balaban J connectivity index is 1.66. The van der Waals surface area contributed by atoms with Crippen molar-refractivity contribution < 1.29 is 14.4 Å². The number of piperazine rings is 1. The van der Waals surface area contributed by atoms with Crippen LogP contribution < -0.4 is 10.6 Å². The number of benzene rings is 2. The summed E-state index contributed by atoms with van der Waals surface area (Å²) in [6.45, 7) is 5.39. The van der Waals surface area contributed by atoms with Crippen LogP contribution in [0.4, 0.5) is 5.69 Å². The number of hydrogen-bond acceptors (Lipinski definition) is 4. The van der Waals surface area contributed by atoms with E-state index in [2.05, 4.69) is 10.6 Å². The van der Waals surface area contributed by atoms with Gasteiger partial charge in [0.25, 0.3) is 5.91 Å². The average Bonchev–Trinajstić information content (AvgIpc) is 2.80. The molecule has 2 N–H and O–H groups in total. The number of rotatable bonds is 8. The maximum absolute atomic E-state index is 13.2. The Morgan fingerprint density at radius 1 is 0.968 bits per heavy atom. The van der Waals surface area contributed by atoms with E-state index in [0.29, 0.717) is 43.9 Å². The molecule has 0 unspecified atom stereocenters. The van der Waals surface area contributed by atoms with Gasteiger partial charge in [-0.2, -0.15) is 0 Å². The fourth-order valence-electron chi connectivity index (χ4n) is 3.61. The number of amides is 3. The minimum absolute atomic E-state index is 0.0833. The highest BCUT2D eigenvalue weighted by atomic mass is 16.2. The second-order valence-corrected chi connectivity index (χ2v) is 7.67. The van der Waals surface area contributed by atoms with Gasteiger partial charge in [0.05, 0.1) is 0 Å². The first-order chi connectivity index (χ1) is 15.0. The SMILES string of the molecule is CC(=O)Nc1ccc(C(=O)N(CCC(=O)N2CCNCC2)CCc2ccccc2)cc1. The summed E-state index contributed by atoms with van der Waals surface area (Å²) >= 11 is 0. The van der Waals surface area contributed by atoms with Crippen LogP contribution in [0.25, 0.3) is 0 Å². The first-order valence-corrected chi connectivity index (χ1v) is 10.7. The molecule has 164 valence electrons. The number of carbonyl (C=O) groups excluding carboxylic acids is 3. The van der Waals surface area contributed by atoms with Gasteiger partial charge in [-0.3, -0.25) is 14.4 Å². The Morgan fingerprint density at radius 2 is 1.65 bits per heavy atom. The van der Waals surface area contributed by atoms with E-state index in [-0.39, 0.29) is 17.7 Å². The number of carbonyl (C=O) groups is 3. The monoisotopic (exact) mass is 422 g/mol. The summed E-state index contributed by atoms with van der Waals surface area (Å²) in [4.78, 5) is 40.6. The van der Waals surface area contributed by atoms with Crippen molar-refractivity contribution >= 4 is 23.4 Å². The van der Waals surface area contributed by atoms with E-state index in [1.165, 1.54) is 6.92 Å². The van der Waals surface area contributed by atoms with Crippen molar-refractivity contribution in [1.29, 1.82) is 0 Å². The highest BCUT2D eigenvalue weighted by molar-refractivity contribution is 5.95. The van der Waals surface area contributed by atoms with E-state index < -0.39 is 0 Å². The molecule has 1 aliphatic rings. The molecule has 0 atom stereocenters. The van der Waals surface area contributed by atoms with E-state index >= 15 is 0 Å². The summed E-state index contributed by atoms with van der Waals surface area (Å²) in [7, 11) is 0. The Morgan fingerprint density at radius 3 is 2.29 bits per heavy atom. The summed E-state index contributed by atoms with van der Waals surface area (Å²) in [5, 5.41) is 5.95. The molecule has 0 aromatic heterocycles. The van der Waals surface area contributed by atoms with Gasteiger partial charge in [-0.25, -0.2) is 0 Å². The van der Waals surface area contributed by atoms with Crippen LogP contribution in [0.2, 0.25) is 0 Å². The minimum atomic E-state index is -0.157. The van der Waals surface area contributed by atoms with Gasteiger partial charge in [-0.05, 0) is 36.2 Å². The van der Waals surface area contributed by atoms with Crippen LogP contribution in [-0.4, -0.2) is 66.8 Å². The molecule has 0 spiro atoms. The molecule has 0 aliphatic carbocycles. The normalized spacial score (nSPS) is 13.5. The maximum atomic E-state index is 13.2. The predicted octanol–water partition coefficient (Wildman–Crippen LogP) is 2.15. The summed E-state index contributed by atoms with van der Waals surface area (Å²) in [6.07, 6.45) is 1.03. The van der Waals surface area contributed by atoms with Gasteiger partial charge in [-0.1, -0.05) is 30.3 Å². The molecule has 2 aromatic rings. The molecule has 0 bridgehead atoms. The molecular formula is C24H30N4O3. The third-order valence-corrected chi connectivity index (χ3v) is 5.32. The van der Waals surface area contributed by atoms with Crippen molar-refractivity contribution in [3.63, 3.8) is 0 Å². The zero-order valence-electron chi connectivity index (χ0n) is 18.0. The minimum Gasteiger partial charge on any atom is -0.340 e. The van der Waals surface area contributed by atoms with Crippen molar-refractivity contribution in [2.24, 2.45) is 0 Å². The molecular weight excluding hydrogens is 392 g/mol. The van der Waals surface area contributed by atoms with Gasteiger partial charge in [-0.15, -0.1) is 0 Å². The third kappa shape index (κ3) is 6.93. The lowest BCUT2D eigenvalue weighted by atomic mass is 10.1. The molecule has 3 amide bonds. The Kier molecular flexibility index (Phi) is 8.18. The standard InChI is InChI=1S/C24H30N4O3/c1-19(29)26-22-9-7-21(8-10-22)24(31)28(15-11-20-5-3-2-4-6-20)16-12-23(30)27-17-13-25-14-18-27/h2-10,25H,11-18H2,1H3,(H,26,29). The van der Waals surface area contributed by atoms with Gasteiger partial charge < -0.3 is 20.4 Å². The first kappa shape index (κ1) is 22.5. The topological polar surface area (TPSA) is 81.8 Å². The second-order valence-electron chi connectivity index (χ2n) is 7.67. The molecule has 1 saturated heterocycles. The second kappa shape index (κ2) is 11.3. The molecule has 0 radical (unpaired) electrons. The van der Waals surface area contributed by atoms with Crippen LogP contribution in [0, 0.1) is 0 Å². The van der Waals surface area contributed by atoms with Crippen LogP contribution in [0.15, 0.2) is 54.6 Å². The van der Waals surface area contributed by atoms with Crippen molar-refractivity contribution in [3.8, 4) is 0 Å². The van der Waals surface area contributed by atoms with Crippen molar-refractivity contribution in [3.05, 3.63) is 65.7 Å². The van der Waals surface area contributed by atoms with Crippen molar-refractivity contribution in [2.75, 3.05) is 44.6 Å². The smallest absolute Gasteiger partial charge is 0.253 e. The molecule has 1 aliphatic heterocycles. The van der Waals surface area contributed by atoms with E-state index in [9.17, 15) is 14.4 Å². The van der Waals surface area contributed by atoms with Crippen LogP contribution in [-0.2, 0) is 16.0 Å². The quantitative estimate of drug-likeness (QED) is 0.683. The molecule has 7 nitrogen and oxygen atoms in total. The summed E-state index contributed by atoms with van der Waals surface area (Å²) < 4.78 is 0. The molecule has 7 heteroatoms. The highest BCUT2D eigenvalue weighted by Gasteiger charge is 2.20. The predicted molar refractivity (Wildman–Crippen MR) is 121 cm³/mol. The van der Waals surface area contributed by atoms with E-state index in [1.54, 1.807) is 29.2 Å². The molecule has 3 rings (SSSR count). The molecule has 1 fully saturated rings.